The van der Waals surface area contributed by atoms with Crippen LogP contribution >= 0.6 is 0 Å². The second-order valence-corrected chi connectivity index (χ2v) is 13.4. The second kappa shape index (κ2) is 10.4. The Morgan fingerprint density at radius 2 is 1.04 bits per heavy atom. The Morgan fingerprint density at radius 1 is 0.652 bits per heavy atom. The molecule has 0 aliphatic rings. The van der Waals surface area contributed by atoms with Gasteiger partial charge in [0.15, 0.2) is 0 Å². The van der Waals surface area contributed by atoms with E-state index >= 15 is 0 Å². The molecule has 0 aliphatic heterocycles. The second-order valence-electron chi connectivity index (χ2n) is 5.95. The van der Waals surface area contributed by atoms with Gasteiger partial charge in [0.05, 0.1) is 0 Å². The van der Waals surface area contributed by atoms with E-state index in [9.17, 15) is 0 Å². The van der Waals surface area contributed by atoms with Crippen molar-refractivity contribution >= 4 is 38.8 Å². The number of unbranched alkanes of at least 4 members (excludes halogenated alkanes) is 2. The van der Waals surface area contributed by atoms with Gasteiger partial charge < -0.3 is 0 Å². The van der Waals surface area contributed by atoms with E-state index in [4.69, 9.17) is 0 Å². The third-order valence-electron chi connectivity index (χ3n) is 3.92. The summed E-state index contributed by atoms with van der Waals surface area (Å²) in [5.41, 5.74) is 0. The molecule has 0 unspecified atom stereocenters. The predicted octanol–water partition coefficient (Wildman–Crippen LogP) is 4.54. The van der Waals surface area contributed by atoms with Crippen molar-refractivity contribution < 1.29 is 0 Å². The van der Waals surface area contributed by atoms with E-state index in [-0.39, 0.29) is 0 Å². The van der Waals surface area contributed by atoms with Crippen molar-refractivity contribution in [2.75, 3.05) is 0 Å². The summed E-state index contributed by atoms with van der Waals surface area (Å²) in [5, 5.41) is 0. The van der Waals surface area contributed by atoms with Crippen molar-refractivity contribution in [2.24, 2.45) is 0 Å². The van der Waals surface area contributed by atoms with Crippen molar-refractivity contribution in [3.63, 3.8) is 0 Å². The van der Waals surface area contributed by atoms with Crippen LogP contribution in [-0.4, -0.2) is 29.9 Å². The zero-order valence-corrected chi connectivity index (χ0v) is 17.8. The Morgan fingerprint density at radius 3 is 1.39 bits per heavy atom. The van der Waals surface area contributed by atoms with E-state index in [0.717, 1.165) is 0 Å². The topological polar surface area (TPSA) is 0 Å². The van der Waals surface area contributed by atoms with Gasteiger partial charge in [-0.2, -0.15) is 0 Å². The molecule has 0 saturated heterocycles. The predicted molar refractivity (Wildman–Crippen MR) is 105 cm³/mol. The summed E-state index contributed by atoms with van der Waals surface area (Å²) in [5.74, 6) is 0. The molecule has 2 aromatic rings. The minimum absolute atomic E-state index is 0.536. The molecule has 0 N–H and O–H groups in total. The molecule has 0 saturated carbocycles. The molecule has 0 bridgehead atoms. The fourth-order valence-electron chi connectivity index (χ4n) is 2.65. The van der Waals surface area contributed by atoms with Crippen LogP contribution in [0.25, 0.3) is 0 Å². The molecule has 0 aliphatic carbocycles. The Labute approximate surface area is 154 Å². The first kappa shape index (κ1) is 18.8. The maximum absolute atomic E-state index is 2.34. The molecule has 0 heterocycles. The molecule has 0 atom stereocenters. The van der Waals surface area contributed by atoms with Gasteiger partial charge in [-0.1, -0.05) is 0 Å². The number of rotatable bonds is 10. The van der Waals surface area contributed by atoms with E-state index in [2.05, 4.69) is 74.5 Å². The van der Waals surface area contributed by atoms with Crippen LogP contribution in [0.4, 0.5) is 0 Å². The van der Waals surface area contributed by atoms with Gasteiger partial charge in [-0.25, -0.2) is 0 Å². The fourth-order valence-corrected chi connectivity index (χ4v) is 10.4. The molecule has 0 aromatic heterocycles. The van der Waals surface area contributed by atoms with Gasteiger partial charge in [-0.15, -0.1) is 0 Å². The molecule has 0 amide bonds. The third kappa shape index (κ3) is 6.47. The van der Waals surface area contributed by atoms with Gasteiger partial charge in [0.25, 0.3) is 0 Å². The van der Waals surface area contributed by atoms with E-state index in [1.165, 1.54) is 38.5 Å². The zero-order valence-electron chi connectivity index (χ0n) is 14.3. The molecule has 23 heavy (non-hydrogen) atoms. The summed E-state index contributed by atoms with van der Waals surface area (Å²) in [6.45, 7) is 4.66. The summed E-state index contributed by atoms with van der Waals surface area (Å²) >= 11 is 1.13. The van der Waals surface area contributed by atoms with Crippen molar-refractivity contribution in [1.82, 2.24) is 0 Å². The van der Waals surface area contributed by atoms with E-state index in [0.29, 0.717) is 33.1 Å². The molecule has 0 spiro atoms. The normalized spacial score (nSPS) is 11.6. The third-order valence-corrected chi connectivity index (χ3v) is 11.1. The summed E-state index contributed by atoms with van der Waals surface area (Å²) in [7, 11) is 0. The first-order valence-corrected chi connectivity index (χ1v) is 12.2. The van der Waals surface area contributed by atoms with Gasteiger partial charge >= 0.3 is 155 Å². The Balaban J connectivity index is 2.24. The van der Waals surface area contributed by atoms with Gasteiger partial charge in [0.2, 0.25) is 0 Å². The summed E-state index contributed by atoms with van der Waals surface area (Å²) in [6, 6.07) is 22.5. The fraction of sp³-hybridized carbons (Fsp3) is 0.429. The standard InChI is InChI=1S/C21H28Se2/c1-3-5-17-21(18-6-4-2,22-19-13-9-7-10-14-19)23-20-15-11-8-12-16-20/h7-16H,3-6,17-18H2,1-2H3. The van der Waals surface area contributed by atoms with E-state index in [1.807, 2.05) is 0 Å². The Hall–Kier alpha value is -0.521. The minimum atomic E-state index is 0.536. The summed E-state index contributed by atoms with van der Waals surface area (Å²) in [4.78, 5) is 0. The van der Waals surface area contributed by atoms with Crippen LogP contribution in [0.5, 0.6) is 0 Å². The first-order valence-electron chi connectivity index (χ1n) is 8.76. The number of benzene rings is 2. The van der Waals surface area contributed by atoms with Gasteiger partial charge in [-0.05, 0) is 0 Å². The molecular weight excluding hydrogens is 410 g/mol. The van der Waals surface area contributed by atoms with Crippen LogP contribution in [0.1, 0.15) is 52.4 Å². The van der Waals surface area contributed by atoms with E-state index in [1.54, 1.807) is 8.92 Å². The Bertz CT molecular complexity index is 485. The SMILES string of the molecule is CCCCC(CCCC)([Se]c1ccccc1)[Se]c1ccccc1. The average Bonchev–Trinajstić information content (AvgIpc) is 2.60. The zero-order chi connectivity index (χ0) is 16.4. The van der Waals surface area contributed by atoms with Crippen LogP contribution in [-0.2, 0) is 0 Å². The first-order chi connectivity index (χ1) is 11.3. The molecule has 0 fully saturated rings. The van der Waals surface area contributed by atoms with Crippen LogP contribution < -0.4 is 8.92 Å². The Kier molecular flexibility index (Phi) is 8.48. The molecule has 2 rings (SSSR count). The van der Waals surface area contributed by atoms with E-state index < -0.39 is 0 Å². The molecule has 0 radical (unpaired) electrons. The van der Waals surface area contributed by atoms with Crippen LogP contribution in [0, 0.1) is 0 Å². The van der Waals surface area contributed by atoms with Crippen molar-refractivity contribution in [3.8, 4) is 0 Å². The van der Waals surface area contributed by atoms with Gasteiger partial charge in [-0.3, -0.25) is 0 Å². The van der Waals surface area contributed by atoms with Crippen molar-refractivity contribution in [3.05, 3.63) is 60.7 Å². The monoisotopic (exact) mass is 440 g/mol. The maximum atomic E-state index is 2.34. The molecular formula is C21H28Se2. The molecule has 124 valence electrons. The van der Waals surface area contributed by atoms with Crippen LogP contribution in [0.15, 0.2) is 60.7 Å². The molecule has 2 heteroatoms. The quantitative estimate of drug-likeness (QED) is 0.478. The summed E-state index contributed by atoms with van der Waals surface area (Å²) < 4.78 is 3.68. The molecule has 0 nitrogen and oxygen atoms in total. The summed E-state index contributed by atoms with van der Waals surface area (Å²) in [6.07, 6.45) is 8.15. The van der Waals surface area contributed by atoms with Crippen LogP contribution in [0.3, 0.4) is 0 Å². The van der Waals surface area contributed by atoms with Crippen molar-refractivity contribution in [2.45, 2.75) is 55.6 Å². The number of hydrogen-bond acceptors (Lipinski definition) is 0. The average molecular weight is 438 g/mol. The van der Waals surface area contributed by atoms with Crippen molar-refractivity contribution in [1.29, 1.82) is 0 Å². The van der Waals surface area contributed by atoms with Crippen LogP contribution in [0.2, 0.25) is 3.21 Å². The number of hydrogen-bond donors (Lipinski definition) is 0. The molecule has 2 aromatic carbocycles. The van der Waals surface area contributed by atoms with Gasteiger partial charge in [0.1, 0.15) is 0 Å². The van der Waals surface area contributed by atoms with Gasteiger partial charge in [0, 0.05) is 0 Å².